The number of aliphatic imine (C=N–C) groups is 1. The molecule has 1 aromatic carbocycles. The van der Waals surface area contributed by atoms with Crippen molar-refractivity contribution in [3.63, 3.8) is 0 Å². The van der Waals surface area contributed by atoms with Crippen LogP contribution in [0, 0.1) is 0 Å². The second kappa shape index (κ2) is 5.69. The van der Waals surface area contributed by atoms with E-state index >= 15 is 0 Å². The normalized spacial score (nSPS) is 11.8. The molecule has 0 aliphatic rings. The van der Waals surface area contributed by atoms with Crippen molar-refractivity contribution >= 4 is 17.9 Å². The number of aromatic carboxylic acids is 1. The van der Waals surface area contributed by atoms with Crippen LogP contribution in [0.4, 0.5) is 5.69 Å². The Kier molecular flexibility index (Phi) is 4.28. The minimum Gasteiger partial charge on any atom is -0.497 e. The molecule has 0 atom stereocenters. The Morgan fingerprint density at radius 2 is 2.24 bits per heavy atom. The minimum absolute atomic E-state index is 0.0884. The molecule has 0 aromatic heterocycles. The Morgan fingerprint density at radius 3 is 2.76 bits per heavy atom. The van der Waals surface area contributed by atoms with Gasteiger partial charge in [-0.1, -0.05) is 0 Å². The van der Waals surface area contributed by atoms with Gasteiger partial charge in [0.25, 0.3) is 0 Å². The first kappa shape index (κ1) is 12.8. The molecule has 0 heterocycles. The van der Waals surface area contributed by atoms with E-state index in [0.29, 0.717) is 11.4 Å². The molecule has 0 unspecified atom stereocenters. The first-order valence-electron chi connectivity index (χ1n) is 4.92. The van der Waals surface area contributed by atoms with Crippen LogP contribution in [0.15, 0.2) is 35.0 Å². The van der Waals surface area contributed by atoms with E-state index in [1.807, 2.05) is 0 Å². The van der Waals surface area contributed by atoms with Crippen LogP contribution in [-0.4, -0.2) is 24.4 Å². The number of carbonyl (C=O) groups is 1. The Hall–Kier alpha value is -2.30. The number of benzene rings is 1. The van der Waals surface area contributed by atoms with Gasteiger partial charge in [0.1, 0.15) is 5.75 Å². The number of ether oxygens (including phenoxy) is 1. The van der Waals surface area contributed by atoms with Crippen molar-refractivity contribution in [3.8, 4) is 5.75 Å². The number of carboxylic acids is 1. The number of rotatable bonds is 4. The number of nitrogens with two attached hydrogens (primary N) is 1. The van der Waals surface area contributed by atoms with Crippen molar-refractivity contribution in [2.45, 2.75) is 6.92 Å². The molecule has 5 nitrogen and oxygen atoms in total. The van der Waals surface area contributed by atoms with Crippen molar-refractivity contribution in [2.75, 3.05) is 7.11 Å². The van der Waals surface area contributed by atoms with Gasteiger partial charge in [0.05, 0.1) is 18.4 Å². The monoisotopic (exact) mass is 234 g/mol. The summed E-state index contributed by atoms with van der Waals surface area (Å²) in [6.07, 6.45) is 2.90. The van der Waals surface area contributed by atoms with Gasteiger partial charge in [0, 0.05) is 6.21 Å². The third kappa shape index (κ3) is 3.34. The third-order valence-electron chi connectivity index (χ3n) is 2.10. The van der Waals surface area contributed by atoms with E-state index < -0.39 is 5.97 Å². The predicted molar refractivity (Wildman–Crippen MR) is 66.0 cm³/mol. The lowest BCUT2D eigenvalue weighted by molar-refractivity contribution is 0.0697. The van der Waals surface area contributed by atoms with Gasteiger partial charge in [-0.05, 0) is 36.9 Å². The second-order valence-electron chi connectivity index (χ2n) is 3.36. The standard InChI is InChI=1S/C12H14N2O3/c1-8(6-13)7-14-11-4-3-9(17-2)5-10(11)12(15)16/h3-7H,13H2,1-2H3,(H,15,16)/b8-6+,14-7?. The largest absolute Gasteiger partial charge is 0.497 e. The molecule has 1 rings (SSSR count). The molecule has 0 amide bonds. The average molecular weight is 234 g/mol. The number of nitrogens with zero attached hydrogens (tertiary/aromatic N) is 1. The summed E-state index contributed by atoms with van der Waals surface area (Å²) in [5.41, 5.74) is 6.49. The summed E-state index contributed by atoms with van der Waals surface area (Å²) in [7, 11) is 1.48. The zero-order valence-corrected chi connectivity index (χ0v) is 9.68. The first-order chi connectivity index (χ1) is 8.08. The predicted octanol–water partition coefficient (Wildman–Crippen LogP) is 1.96. The molecule has 17 heavy (non-hydrogen) atoms. The van der Waals surface area contributed by atoms with Gasteiger partial charge in [0.2, 0.25) is 0 Å². The minimum atomic E-state index is -1.05. The topological polar surface area (TPSA) is 84.9 Å². The van der Waals surface area contributed by atoms with Gasteiger partial charge in [-0.3, -0.25) is 4.99 Å². The van der Waals surface area contributed by atoms with Crippen molar-refractivity contribution < 1.29 is 14.6 Å². The van der Waals surface area contributed by atoms with Gasteiger partial charge < -0.3 is 15.6 Å². The van der Waals surface area contributed by atoms with E-state index in [9.17, 15) is 4.79 Å². The van der Waals surface area contributed by atoms with Crippen molar-refractivity contribution in [3.05, 3.63) is 35.5 Å². The fourth-order valence-electron chi connectivity index (χ4n) is 1.14. The molecule has 0 radical (unpaired) electrons. The summed E-state index contributed by atoms with van der Waals surface area (Å²) in [5.74, 6) is -0.571. The molecule has 0 spiro atoms. The van der Waals surface area contributed by atoms with Crippen LogP contribution < -0.4 is 10.5 Å². The summed E-state index contributed by atoms with van der Waals surface area (Å²) in [5, 5.41) is 9.04. The van der Waals surface area contributed by atoms with E-state index in [4.69, 9.17) is 15.6 Å². The van der Waals surface area contributed by atoms with Gasteiger partial charge in [-0.15, -0.1) is 0 Å². The zero-order chi connectivity index (χ0) is 12.8. The van der Waals surface area contributed by atoms with Crippen molar-refractivity contribution in [2.24, 2.45) is 10.7 Å². The quantitative estimate of drug-likeness (QED) is 0.780. The Balaban J connectivity index is 3.15. The van der Waals surface area contributed by atoms with Crippen LogP contribution in [0.5, 0.6) is 5.75 Å². The fraction of sp³-hybridized carbons (Fsp3) is 0.167. The van der Waals surface area contributed by atoms with Crippen molar-refractivity contribution in [1.82, 2.24) is 0 Å². The van der Waals surface area contributed by atoms with Crippen LogP contribution in [-0.2, 0) is 0 Å². The molecule has 0 bridgehead atoms. The molecule has 90 valence electrons. The van der Waals surface area contributed by atoms with E-state index in [1.54, 1.807) is 19.1 Å². The molecule has 0 saturated heterocycles. The molecule has 1 aromatic rings. The first-order valence-corrected chi connectivity index (χ1v) is 4.92. The van der Waals surface area contributed by atoms with Crippen LogP contribution in [0.3, 0.4) is 0 Å². The Bertz CT molecular complexity index is 479. The van der Waals surface area contributed by atoms with E-state index in [-0.39, 0.29) is 5.56 Å². The molecule has 5 heteroatoms. The summed E-state index contributed by atoms with van der Waals surface area (Å²) < 4.78 is 4.96. The van der Waals surface area contributed by atoms with E-state index in [2.05, 4.69) is 4.99 Å². The van der Waals surface area contributed by atoms with Crippen molar-refractivity contribution in [1.29, 1.82) is 0 Å². The maximum Gasteiger partial charge on any atom is 0.338 e. The molecule has 0 saturated carbocycles. The summed E-state index contributed by atoms with van der Waals surface area (Å²) in [4.78, 5) is 15.1. The Morgan fingerprint density at radius 1 is 1.53 bits per heavy atom. The maximum absolute atomic E-state index is 11.0. The Labute approximate surface area is 99.2 Å². The van der Waals surface area contributed by atoms with Crippen LogP contribution >= 0.6 is 0 Å². The molecular weight excluding hydrogens is 220 g/mol. The number of allylic oxidation sites excluding steroid dienone is 1. The molecular formula is C12H14N2O3. The van der Waals surface area contributed by atoms with Gasteiger partial charge in [0.15, 0.2) is 0 Å². The molecule has 0 aliphatic heterocycles. The second-order valence-corrected chi connectivity index (χ2v) is 3.36. The summed E-state index contributed by atoms with van der Waals surface area (Å²) >= 11 is 0. The highest BCUT2D eigenvalue weighted by molar-refractivity contribution is 5.95. The van der Waals surface area contributed by atoms with Crippen LogP contribution in [0.25, 0.3) is 0 Å². The highest BCUT2D eigenvalue weighted by Crippen LogP contribution is 2.24. The number of carboxylic acid groups (broad SMARTS) is 1. The number of hydrogen-bond donors (Lipinski definition) is 2. The number of hydrogen-bond acceptors (Lipinski definition) is 4. The summed E-state index contributed by atoms with van der Waals surface area (Å²) in [6, 6.07) is 4.67. The molecule has 0 aliphatic carbocycles. The SMILES string of the molecule is COc1ccc(N=C/C(C)=C/N)c(C(=O)O)c1. The highest BCUT2D eigenvalue weighted by Gasteiger charge is 2.10. The zero-order valence-electron chi connectivity index (χ0n) is 9.68. The average Bonchev–Trinajstić information content (AvgIpc) is 2.35. The van der Waals surface area contributed by atoms with Gasteiger partial charge >= 0.3 is 5.97 Å². The smallest absolute Gasteiger partial charge is 0.338 e. The maximum atomic E-state index is 11.0. The fourth-order valence-corrected chi connectivity index (χ4v) is 1.14. The lowest BCUT2D eigenvalue weighted by Gasteiger charge is -2.04. The lowest BCUT2D eigenvalue weighted by atomic mass is 10.1. The molecule has 3 N–H and O–H groups in total. The molecule has 0 fully saturated rings. The third-order valence-corrected chi connectivity index (χ3v) is 2.10. The lowest BCUT2D eigenvalue weighted by Crippen LogP contribution is -1.98. The highest BCUT2D eigenvalue weighted by atomic mass is 16.5. The van der Waals surface area contributed by atoms with E-state index in [0.717, 1.165) is 5.57 Å². The van der Waals surface area contributed by atoms with Crippen LogP contribution in [0.2, 0.25) is 0 Å². The van der Waals surface area contributed by atoms with E-state index in [1.165, 1.54) is 25.6 Å². The van der Waals surface area contributed by atoms with Crippen LogP contribution in [0.1, 0.15) is 17.3 Å². The van der Waals surface area contributed by atoms with Gasteiger partial charge in [-0.25, -0.2) is 4.79 Å². The van der Waals surface area contributed by atoms with Gasteiger partial charge in [-0.2, -0.15) is 0 Å². The number of methoxy groups -OCH3 is 1. The summed E-state index contributed by atoms with van der Waals surface area (Å²) in [6.45, 7) is 1.77.